The van der Waals surface area contributed by atoms with Crippen molar-refractivity contribution in [3.05, 3.63) is 32.8 Å². The molecule has 0 saturated carbocycles. The van der Waals surface area contributed by atoms with Gasteiger partial charge in [0.25, 0.3) is 0 Å². The molecule has 0 spiro atoms. The lowest BCUT2D eigenvalue weighted by atomic mass is 10.2. The van der Waals surface area contributed by atoms with E-state index >= 15 is 0 Å². The number of rotatable bonds is 3. The number of halogens is 1. The standard InChI is InChI=1S/C8H7ClN4O3S/c9-5-1-4(3-11-12-8(10)17)7(14)6(2-5)13(15)16/h1-3,14H,(H3,10,12,17)/b11-3-. The largest absolute Gasteiger partial charge is 0.502 e. The highest BCUT2D eigenvalue weighted by Crippen LogP contribution is 2.32. The van der Waals surface area contributed by atoms with Crippen LogP contribution in [0.1, 0.15) is 5.56 Å². The molecule has 0 saturated heterocycles. The number of hydrazone groups is 1. The van der Waals surface area contributed by atoms with Crippen LogP contribution in [0.3, 0.4) is 0 Å². The molecule has 0 aromatic heterocycles. The quantitative estimate of drug-likeness (QED) is 0.329. The van der Waals surface area contributed by atoms with Crippen LogP contribution in [0.4, 0.5) is 5.69 Å². The van der Waals surface area contributed by atoms with E-state index in [1.807, 2.05) is 0 Å². The normalized spacial score (nSPS) is 10.4. The fraction of sp³-hybridized carbons (Fsp3) is 0. The highest BCUT2D eigenvalue weighted by atomic mass is 35.5. The van der Waals surface area contributed by atoms with Gasteiger partial charge < -0.3 is 10.8 Å². The summed E-state index contributed by atoms with van der Waals surface area (Å²) in [5.74, 6) is -0.534. The molecule has 0 radical (unpaired) electrons. The molecule has 1 aromatic carbocycles. The van der Waals surface area contributed by atoms with Crippen molar-refractivity contribution in [3.8, 4) is 5.75 Å². The average molecular weight is 275 g/mol. The Kier molecular flexibility index (Phi) is 4.18. The molecule has 0 heterocycles. The van der Waals surface area contributed by atoms with Crippen molar-refractivity contribution in [2.24, 2.45) is 10.8 Å². The summed E-state index contributed by atoms with van der Waals surface area (Å²) in [5.41, 5.74) is 6.93. The molecular weight excluding hydrogens is 268 g/mol. The first-order chi connectivity index (χ1) is 7.91. The molecule has 0 amide bonds. The predicted molar refractivity (Wildman–Crippen MR) is 67.3 cm³/mol. The van der Waals surface area contributed by atoms with Gasteiger partial charge in [0, 0.05) is 16.7 Å². The zero-order valence-electron chi connectivity index (χ0n) is 8.25. The van der Waals surface area contributed by atoms with Gasteiger partial charge >= 0.3 is 5.69 Å². The molecule has 0 aliphatic heterocycles. The lowest BCUT2D eigenvalue weighted by Gasteiger charge is -2.01. The van der Waals surface area contributed by atoms with E-state index in [9.17, 15) is 15.2 Å². The number of nitrogens with one attached hydrogen (secondary N) is 1. The first-order valence-corrected chi connectivity index (χ1v) is 4.96. The van der Waals surface area contributed by atoms with Crippen LogP contribution in [-0.2, 0) is 0 Å². The van der Waals surface area contributed by atoms with Crippen molar-refractivity contribution in [2.45, 2.75) is 0 Å². The first-order valence-electron chi connectivity index (χ1n) is 4.17. The third-order valence-electron chi connectivity index (χ3n) is 1.66. The molecule has 1 aromatic rings. The molecule has 0 atom stereocenters. The summed E-state index contributed by atoms with van der Waals surface area (Å²) < 4.78 is 0. The number of benzene rings is 1. The maximum atomic E-state index is 10.6. The minimum absolute atomic E-state index is 0.0720. The first kappa shape index (κ1) is 13.1. The molecule has 0 aliphatic rings. The highest BCUT2D eigenvalue weighted by molar-refractivity contribution is 7.80. The number of hydrogen-bond acceptors (Lipinski definition) is 5. The van der Waals surface area contributed by atoms with Gasteiger partial charge in [-0.3, -0.25) is 15.5 Å². The zero-order valence-corrected chi connectivity index (χ0v) is 9.83. The van der Waals surface area contributed by atoms with Crippen molar-refractivity contribution in [1.82, 2.24) is 5.43 Å². The Morgan fingerprint density at radius 1 is 1.71 bits per heavy atom. The van der Waals surface area contributed by atoms with E-state index in [1.165, 1.54) is 6.07 Å². The monoisotopic (exact) mass is 274 g/mol. The van der Waals surface area contributed by atoms with E-state index in [0.717, 1.165) is 12.3 Å². The fourth-order valence-corrected chi connectivity index (χ4v) is 1.28. The van der Waals surface area contributed by atoms with Crippen molar-refractivity contribution >= 4 is 40.8 Å². The molecule has 0 unspecified atom stereocenters. The van der Waals surface area contributed by atoms with E-state index in [2.05, 4.69) is 22.7 Å². The Morgan fingerprint density at radius 3 is 2.88 bits per heavy atom. The van der Waals surface area contributed by atoms with Gasteiger partial charge in [-0.15, -0.1) is 0 Å². The van der Waals surface area contributed by atoms with E-state index in [0.29, 0.717) is 0 Å². The number of nitro groups is 1. The molecule has 90 valence electrons. The highest BCUT2D eigenvalue weighted by Gasteiger charge is 2.17. The minimum Gasteiger partial charge on any atom is -0.502 e. The number of nitrogens with two attached hydrogens (primary N) is 1. The fourth-order valence-electron chi connectivity index (χ4n) is 1.01. The molecule has 4 N–H and O–H groups in total. The summed E-state index contributed by atoms with van der Waals surface area (Å²) in [7, 11) is 0. The second-order valence-corrected chi connectivity index (χ2v) is 3.73. The molecule has 7 nitrogen and oxygen atoms in total. The van der Waals surface area contributed by atoms with Crippen molar-refractivity contribution in [3.63, 3.8) is 0 Å². The SMILES string of the molecule is NC(=S)N/N=C\c1cc(Cl)cc([N+](=O)[O-])c1O. The number of aromatic hydroxyl groups is 1. The molecule has 0 aliphatic carbocycles. The van der Waals surface area contributed by atoms with Gasteiger partial charge in [-0.1, -0.05) is 11.6 Å². The number of nitrogens with zero attached hydrogens (tertiary/aromatic N) is 2. The molecule has 0 fully saturated rings. The Balaban J connectivity index is 3.11. The number of phenols is 1. The van der Waals surface area contributed by atoms with Gasteiger partial charge in [0.05, 0.1) is 11.1 Å². The average Bonchev–Trinajstić information content (AvgIpc) is 2.21. The van der Waals surface area contributed by atoms with Crippen LogP contribution in [0, 0.1) is 10.1 Å². The topological polar surface area (TPSA) is 114 Å². The van der Waals surface area contributed by atoms with Crippen LogP contribution in [0.5, 0.6) is 5.75 Å². The van der Waals surface area contributed by atoms with Gasteiger partial charge in [-0.2, -0.15) is 5.10 Å². The Morgan fingerprint density at radius 2 is 2.35 bits per heavy atom. The van der Waals surface area contributed by atoms with Gasteiger partial charge in [0.2, 0.25) is 5.75 Å². The second-order valence-electron chi connectivity index (χ2n) is 2.85. The van der Waals surface area contributed by atoms with E-state index < -0.39 is 16.4 Å². The van der Waals surface area contributed by atoms with E-state index in [1.54, 1.807) is 0 Å². The lowest BCUT2D eigenvalue weighted by Crippen LogP contribution is -2.24. The Labute approximate surface area is 106 Å². The summed E-state index contributed by atoms with van der Waals surface area (Å²) in [5, 5.41) is 23.8. The minimum atomic E-state index is -0.750. The zero-order chi connectivity index (χ0) is 13.0. The Bertz CT molecular complexity index is 506. The number of hydrogen-bond donors (Lipinski definition) is 3. The Hall–Kier alpha value is -1.93. The number of phenolic OH excluding ortho intramolecular Hbond substituents is 1. The third kappa shape index (κ3) is 3.54. The van der Waals surface area contributed by atoms with E-state index in [4.69, 9.17) is 17.3 Å². The van der Waals surface area contributed by atoms with Gasteiger partial charge in [0.15, 0.2) is 5.11 Å². The predicted octanol–water partition coefficient (Wildman–Crippen LogP) is 1.12. The second kappa shape index (κ2) is 5.41. The maximum Gasteiger partial charge on any atom is 0.312 e. The van der Waals surface area contributed by atoms with Crippen molar-refractivity contribution in [1.29, 1.82) is 0 Å². The van der Waals surface area contributed by atoms with Gasteiger partial charge in [0.1, 0.15) is 0 Å². The lowest BCUT2D eigenvalue weighted by molar-refractivity contribution is -0.385. The summed E-state index contributed by atoms with van der Waals surface area (Å²) in [4.78, 5) is 9.84. The van der Waals surface area contributed by atoms with Crippen LogP contribution in [0.25, 0.3) is 0 Å². The van der Waals surface area contributed by atoms with Crippen molar-refractivity contribution in [2.75, 3.05) is 0 Å². The van der Waals surface area contributed by atoms with E-state index in [-0.39, 0.29) is 15.7 Å². The summed E-state index contributed by atoms with van der Waals surface area (Å²) >= 11 is 10.2. The molecule has 1 rings (SSSR count). The van der Waals surface area contributed by atoms with Gasteiger partial charge in [-0.05, 0) is 18.3 Å². The number of nitro benzene ring substituents is 1. The summed E-state index contributed by atoms with van der Waals surface area (Å²) in [6.07, 6.45) is 1.12. The number of thiocarbonyl (C=S) groups is 1. The van der Waals surface area contributed by atoms with Crippen LogP contribution in [-0.4, -0.2) is 21.4 Å². The van der Waals surface area contributed by atoms with Crippen LogP contribution in [0.15, 0.2) is 17.2 Å². The van der Waals surface area contributed by atoms with Crippen LogP contribution < -0.4 is 11.2 Å². The maximum absolute atomic E-state index is 10.6. The van der Waals surface area contributed by atoms with Crippen LogP contribution in [0.2, 0.25) is 5.02 Å². The molecule has 17 heavy (non-hydrogen) atoms. The molecule has 0 bridgehead atoms. The summed E-state index contributed by atoms with van der Waals surface area (Å²) in [6, 6.07) is 2.35. The smallest absolute Gasteiger partial charge is 0.312 e. The van der Waals surface area contributed by atoms with Gasteiger partial charge in [-0.25, -0.2) is 0 Å². The van der Waals surface area contributed by atoms with Crippen LogP contribution >= 0.6 is 23.8 Å². The molecular formula is C8H7ClN4O3S. The third-order valence-corrected chi connectivity index (χ3v) is 1.97. The van der Waals surface area contributed by atoms with Crippen molar-refractivity contribution < 1.29 is 10.0 Å². The summed E-state index contributed by atoms with van der Waals surface area (Å²) in [6.45, 7) is 0. The molecule has 9 heteroatoms.